The molecule has 0 N–H and O–H groups in total. The molecule has 2 aliphatic rings. The van der Waals surface area contributed by atoms with E-state index in [1.54, 1.807) is 30.7 Å². The Labute approximate surface area is 126 Å². The van der Waals surface area contributed by atoms with Gasteiger partial charge < -0.3 is 4.57 Å². The molecule has 6 heteroatoms. The molecule has 1 fully saturated rings. The second kappa shape index (κ2) is 4.43. The summed E-state index contributed by atoms with van der Waals surface area (Å²) >= 11 is 6.05. The average molecular weight is 302 g/mol. The van der Waals surface area contributed by atoms with Crippen LogP contribution in [0, 0.1) is 0 Å². The first kappa shape index (κ1) is 12.6. The Balaban J connectivity index is 1.73. The van der Waals surface area contributed by atoms with Gasteiger partial charge in [-0.15, -0.1) is 0 Å². The average Bonchev–Trinajstić information content (AvgIpc) is 3.17. The summed E-state index contributed by atoms with van der Waals surface area (Å²) in [5, 5.41) is 0.323. The number of halogens is 1. The standard InChI is InChI=1S/C15H12ClN3O2/c16-11-2-1-3-12-13(11)14(20)15(21)18(12)7-10-6-17-8-19(10)9-4-5-9/h1-3,6,8-9H,4-5,7H2. The smallest absolute Gasteiger partial charge is 0.299 e. The zero-order chi connectivity index (χ0) is 14.6. The normalized spacial score (nSPS) is 17.5. The monoisotopic (exact) mass is 301 g/mol. The van der Waals surface area contributed by atoms with Gasteiger partial charge in [0.05, 0.1) is 34.8 Å². The van der Waals surface area contributed by atoms with Crippen LogP contribution >= 0.6 is 11.6 Å². The molecule has 5 nitrogen and oxygen atoms in total. The second-order valence-electron chi connectivity index (χ2n) is 5.38. The van der Waals surface area contributed by atoms with E-state index in [2.05, 4.69) is 9.55 Å². The number of carbonyl (C=O) groups excluding carboxylic acids is 2. The van der Waals surface area contributed by atoms with Crippen LogP contribution in [0.4, 0.5) is 5.69 Å². The van der Waals surface area contributed by atoms with Gasteiger partial charge in [0.25, 0.3) is 11.7 Å². The minimum Gasteiger partial charge on any atom is -0.330 e. The Morgan fingerprint density at radius 3 is 2.86 bits per heavy atom. The Hall–Kier alpha value is -2.14. The van der Waals surface area contributed by atoms with Gasteiger partial charge in [0.2, 0.25) is 0 Å². The van der Waals surface area contributed by atoms with Gasteiger partial charge >= 0.3 is 0 Å². The molecule has 1 aliphatic carbocycles. The number of carbonyl (C=O) groups is 2. The topological polar surface area (TPSA) is 55.2 Å². The molecule has 1 amide bonds. The van der Waals surface area contributed by atoms with E-state index in [9.17, 15) is 9.59 Å². The third kappa shape index (κ3) is 1.88. The summed E-state index contributed by atoms with van der Waals surface area (Å²) in [6.45, 7) is 0.342. The summed E-state index contributed by atoms with van der Waals surface area (Å²) in [6.07, 6.45) is 5.81. The van der Waals surface area contributed by atoms with Crippen LogP contribution in [-0.4, -0.2) is 21.2 Å². The Kier molecular flexibility index (Phi) is 2.65. The molecule has 0 spiro atoms. The summed E-state index contributed by atoms with van der Waals surface area (Å²) in [5.41, 5.74) is 1.83. The van der Waals surface area contributed by atoms with Crippen LogP contribution in [0.5, 0.6) is 0 Å². The maximum atomic E-state index is 12.2. The van der Waals surface area contributed by atoms with E-state index in [1.807, 2.05) is 0 Å². The van der Waals surface area contributed by atoms with Crippen molar-refractivity contribution in [3.8, 4) is 0 Å². The van der Waals surface area contributed by atoms with E-state index in [0.29, 0.717) is 28.9 Å². The van der Waals surface area contributed by atoms with Gasteiger partial charge in [-0.3, -0.25) is 14.5 Å². The van der Waals surface area contributed by atoms with Crippen molar-refractivity contribution in [1.82, 2.24) is 9.55 Å². The van der Waals surface area contributed by atoms with Gasteiger partial charge in [0.1, 0.15) is 0 Å². The van der Waals surface area contributed by atoms with E-state index in [1.165, 1.54) is 4.90 Å². The lowest BCUT2D eigenvalue weighted by atomic mass is 10.1. The van der Waals surface area contributed by atoms with Crippen LogP contribution in [0.1, 0.15) is 34.9 Å². The minimum absolute atomic E-state index is 0.307. The summed E-state index contributed by atoms with van der Waals surface area (Å²) in [6, 6.07) is 5.61. The first-order valence-corrected chi connectivity index (χ1v) is 7.20. The molecule has 2 aromatic rings. The molecule has 106 valence electrons. The summed E-state index contributed by atoms with van der Waals surface area (Å²) in [4.78, 5) is 30.0. The molecule has 21 heavy (non-hydrogen) atoms. The number of nitrogens with zero attached hydrogens (tertiary/aromatic N) is 3. The maximum absolute atomic E-state index is 12.2. The number of hydrogen-bond donors (Lipinski definition) is 0. The SMILES string of the molecule is O=C1C(=O)N(Cc2cncn2C2CC2)c2cccc(Cl)c21. The van der Waals surface area contributed by atoms with Crippen molar-refractivity contribution in [3.05, 3.63) is 47.0 Å². The second-order valence-corrected chi connectivity index (χ2v) is 5.79. The van der Waals surface area contributed by atoms with Crippen LogP contribution < -0.4 is 4.90 Å². The number of hydrogen-bond acceptors (Lipinski definition) is 3. The summed E-state index contributed by atoms with van der Waals surface area (Å²) in [5.74, 6) is -1.06. The van der Waals surface area contributed by atoms with Gasteiger partial charge in [0.15, 0.2) is 0 Å². The van der Waals surface area contributed by atoms with Crippen LogP contribution in [0.25, 0.3) is 0 Å². The van der Waals surface area contributed by atoms with Crippen molar-refractivity contribution in [2.45, 2.75) is 25.4 Å². The predicted octanol–water partition coefficient (Wildman–Crippen LogP) is 2.60. The van der Waals surface area contributed by atoms with Crippen LogP contribution in [0.2, 0.25) is 5.02 Å². The van der Waals surface area contributed by atoms with Crippen molar-refractivity contribution in [2.75, 3.05) is 4.90 Å². The molecule has 0 atom stereocenters. The number of rotatable bonds is 3. The minimum atomic E-state index is -0.534. The highest BCUT2D eigenvalue weighted by molar-refractivity contribution is 6.55. The van der Waals surface area contributed by atoms with Crippen molar-refractivity contribution in [3.63, 3.8) is 0 Å². The number of imidazole rings is 1. The number of Topliss-reactive ketones (excluding diaryl/α,β-unsaturated/α-hetero) is 1. The molecular weight excluding hydrogens is 290 g/mol. The van der Waals surface area contributed by atoms with Crippen molar-refractivity contribution in [2.24, 2.45) is 0 Å². The Morgan fingerprint density at radius 1 is 1.29 bits per heavy atom. The fourth-order valence-corrected chi connectivity index (χ4v) is 3.01. The van der Waals surface area contributed by atoms with Gasteiger partial charge in [-0.2, -0.15) is 0 Å². The Bertz CT molecular complexity index is 764. The number of aromatic nitrogens is 2. The number of fused-ring (bicyclic) bond motifs is 1. The number of amides is 1. The van der Waals surface area contributed by atoms with Crippen LogP contribution in [0.15, 0.2) is 30.7 Å². The van der Waals surface area contributed by atoms with E-state index < -0.39 is 11.7 Å². The van der Waals surface area contributed by atoms with E-state index in [4.69, 9.17) is 11.6 Å². The quantitative estimate of drug-likeness (QED) is 0.819. The van der Waals surface area contributed by atoms with E-state index in [-0.39, 0.29) is 0 Å². The number of ketones is 1. The maximum Gasteiger partial charge on any atom is 0.299 e. The fraction of sp³-hybridized carbons (Fsp3) is 0.267. The van der Waals surface area contributed by atoms with Gasteiger partial charge in [-0.1, -0.05) is 17.7 Å². The molecule has 1 aliphatic heterocycles. The van der Waals surface area contributed by atoms with Crippen molar-refractivity contribution >= 4 is 29.0 Å². The summed E-state index contributed by atoms with van der Waals surface area (Å²) < 4.78 is 2.08. The van der Waals surface area contributed by atoms with Crippen molar-refractivity contribution < 1.29 is 9.59 Å². The highest BCUT2D eigenvalue weighted by atomic mass is 35.5. The third-order valence-corrected chi connectivity index (χ3v) is 4.27. The lowest BCUT2D eigenvalue weighted by molar-refractivity contribution is -0.114. The van der Waals surface area contributed by atoms with Crippen LogP contribution in [0.3, 0.4) is 0 Å². The number of benzene rings is 1. The number of anilines is 1. The van der Waals surface area contributed by atoms with E-state index >= 15 is 0 Å². The lowest BCUT2D eigenvalue weighted by Gasteiger charge is -2.17. The molecule has 2 heterocycles. The highest BCUT2D eigenvalue weighted by Crippen LogP contribution is 2.38. The van der Waals surface area contributed by atoms with Gasteiger partial charge in [0, 0.05) is 12.2 Å². The van der Waals surface area contributed by atoms with E-state index in [0.717, 1.165) is 18.5 Å². The molecule has 1 saturated carbocycles. The Morgan fingerprint density at radius 2 is 2.10 bits per heavy atom. The predicted molar refractivity (Wildman–Crippen MR) is 77.5 cm³/mol. The molecule has 0 saturated heterocycles. The fourth-order valence-electron chi connectivity index (χ4n) is 2.76. The molecule has 1 aromatic heterocycles. The van der Waals surface area contributed by atoms with Crippen LogP contribution in [-0.2, 0) is 11.3 Å². The molecule has 0 bridgehead atoms. The van der Waals surface area contributed by atoms with Crippen molar-refractivity contribution in [1.29, 1.82) is 0 Å². The summed E-state index contributed by atoms with van der Waals surface area (Å²) in [7, 11) is 0. The molecular formula is C15H12ClN3O2. The molecule has 0 radical (unpaired) electrons. The third-order valence-electron chi connectivity index (χ3n) is 3.96. The zero-order valence-corrected chi connectivity index (χ0v) is 11.9. The first-order valence-electron chi connectivity index (χ1n) is 6.82. The van der Waals surface area contributed by atoms with Gasteiger partial charge in [-0.05, 0) is 25.0 Å². The molecule has 4 rings (SSSR count). The molecule has 0 unspecified atom stereocenters. The lowest BCUT2D eigenvalue weighted by Crippen LogP contribution is -2.30. The largest absolute Gasteiger partial charge is 0.330 e. The molecule has 1 aromatic carbocycles. The first-order chi connectivity index (χ1) is 10.2. The zero-order valence-electron chi connectivity index (χ0n) is 11.1. The highest BCUT2D eigenvalue weighted by Gasteiger charge is 2.38. The van der Waals surface area contributed by atoms with Gasteiger partial charge in [-0.25, -0.2) is 4.98 Å².